The van der Waals surface area contributed by atoms with Crippen molar-refractivity contribution in [1.29, 1.82) is 0 Å². The Morgan fingerprint density at radius 2 is 2.04 bits per heavy atom. The van der Waals surface area contributed by atoms with E-state index in [1.807, 2.05) is 36.6 Å². The quantitative estimate of drug-likeness (QED) is 0.561. The third-order valence-electron chi connectivity index (χ3n) is 3.48. The van der Waals surface area contributed by atoms with E-state index in [-0.39, 0.29) is 5.91 Å². The second-order valence-electron chi connectivity index (χ2n) is 5.27. The van der Waals surface area contributed by atoms with E-state index in [9.17, 15) is 4.79 Å². The molecule has 0 saturated carbocycles. The first-order chi connectivity index (χ1) is 11.7. The number of amides is 1. The molecule has 128 valence electrons. The van der Waals surface area contributed by atoms with E-state index in [0.717, 1.165) is 28.3 Å². The average molecular weight is 345 g/mol. The van der Waals surface area contributed by atoms with Gasteiger partial charge in [0.05, 0.1) is 13.7 Å². The number of carbonyl (C=O) groups excluding carboxylic acids is 1. The summed E-state index contributed by atoms with van der Waals surface area (Å²) in [6.07, 6.45) is 2.96. The first kappa shape index (κ1) is 18.4. The van der Waals surface area contributed by atoms with Crippen LogP contribution in [0.25, 0.3) is 0 Å². The lowest BCUT2D eigenvalue weighted by Crippen LogP contribution is -2.12. The topological polar surface area (TPSA) is 47.6 Å². The van der Waals surface area contributed by atoms with Gasteiger partial charge in [0.2, 0.25) is 0 Å². The minimum atomic E-state index is -0.146. The lowest BCUT2D eigenvalue weighted by Gasteiger charge is -2.12. The number of carbonyl (C=O) groups is 1. The molecule has 1 amide bonds. The van der Waals surface area contributed by atoms with E-state index in [0.29, 0.717) is 18.8 Å². The van der Waals surface area contributed by atoms with E-state index in [2.05, 4.69) is 12.2 Å². The Kier molecular flexibility index (Phi) is 7.15. The highest BCUT2D eigenvalue weighted by Crippen LogP contribution is 2.23. The number of methoxy groups -OCH3 is 1. The molecule has 24 heavy (non-hydrogen) atoms. The van der Waals surface area contributed by atoms with Crippen LogP contribution in [0.4, 0.5) is 5.69 Å². The van der Waals surface area contributed by atoms with E-state index in [1.54, 1.807) is 31.0 Å². The Balaban J connectivity index is 2.14. The average Bonchev–Trinajstić information content (AvgIpc) is 2.62. The van der Waals surface area contributed by atoms with Gasteiger partial charge in [-0.25, -0.2) is 0 Å². The number of ether oxygens (including phenoxy) is 2. The highest BCUT2D eigenvalue weighted by molar-refractivity contribution is 7.98. The van der Waals surface area contributed by atoms with Crippen molar-refractivity contribution in [2.45, 2.75) is 24.8 Å². The molecular formula is C19H23NO3S. The van der Waals surface area contributed by atoms with Crippen molar-refractivity contribution in [3.05, 3.63) is 53.6 Å². The molecule has 2 rings (SSSR count). The fourth-order valence-corrected chi connectivity index (χ4v) is 2.72. The summed E-state index contributed by atoms with van der Waals surface area (Å²) in [5.41, 5.74) is 2.24. The van der Waals surface area contributed by atoms with E-state index in [1.165, 1.54) is 0 Å². The Bertz CT molecular complexity index is 688. The van der Waals surface area contributed by atoms with Gasteiger partial charge in [0.15, 0.2) is 0 Å². The summed E-state index contributed by atoms with van der Waals surface area (Å²) >= 11 is 1.64. The molecule has 0 aliphatic heterocycles. The number of anilines is 1. The van der Waals surface area contributed by atoms with Crippen molar-refractivity contribution in [3.63, 3.8) is 0 Å². The molecule has 4 nitrogen and oxygen atoms in total. The van der Waals surface area contributed by atoms with Gasteiger partial charge >= 0.3 is 0 Å². The van der Waals surface area contributed by atoms with E-state index >= 15 is 0 Å². The lowest BCUT2D eigenvalue weighted by molar-refractivity contribution is 0.102. The Morgan fingerprint density at radius 1 is 1.21 bits per heavy atom. The largest absolute Gasteiger partial charge is 0.496 e. The maximum Gasteiger partial charge on any atom is 0.255 e. The zero-order valence-electron chi connectivity index (χ0n) is 14.3. The molecule has 0 aromatic heterocycles. The number of thioether (sulfide) groups is 1. The molecule has 0 radical (unpaired) electrons. The van der Waals surface area contributed by atoms with Gasteiger partial charge in [-0.3, -0.25) is 4.79 Å². The predicted molar refractivity (Wildman–Crippen MR) is 99.1 cm³/mol. The monoisotopic (exact) mass is 345 g/mol. The lowest BCUT2D eigenvalue weighted by atomic mass is 10.1. The molecule has 5 heteroatoms. The molecule has 1 N–H and O–H groups in total. The summed E-state index contributed by atoms with van der Waals surface area (Å²) in [4.78, 5) is 13.6. The molecule has 0 saturated heterocycles. The van der Waals surface area contributed by atoms with Gasteiger partial charge in [0.25, 0.3) is 5.91 Å². The van der Waals surface area contributed by atoms with Gasteiger partial charge in [0, 0.05) is 28.3 Å². The third-order valence-corrected chi connectivity index (χ3v) is 4.20. The summed E-state index contributed by atoms with van der Waals surface area (Å²) in [5, 5.41) is 2.93. The molecule has 0 fully saturated rings. The molecule has 0 heterocycles. The van der Waals surface area contributed by atoms with Crippen molar-refractivity contribution >= 4 is 23.4 Å². The third kappa shape index (κ3) is 5.01. The Labute approximate surface area is 147 Å². The molecule has 2 aromatic carbocycles. The second-order valence-corrected chi connectivity index (χ2v) is 6.14. The second kappa shape index (κ2) is 9.35. The highest BCUT2D eigenvalue weighted by atomic mass is 32.2. The molecule has 0 aliphatic carbocycles. The van der Waals surface area contributed by atoms with E-state index < -0.39 is 0 Å². The summed E-state index contributed by atoms with van der Waals surface area (Å²) in [6.45, 7) is 3.17. The smallest absolute Gasteiger partial charge is 0.255 e. The predicted octanol–water partition coefficient (Wildman–Crippen LogP) is 4.60. The number of hydrogen-bond acceptors (Lipinski definition) is 4. The SMILES string of the molecule is CCCOCc1cc(C(=O)Nc2cccc(SC)c2)ccc1OC. The van der Waals surface area contributed by atoms with Crippen LogP contribution in [0.3, 0.4) is 0 Å². The molecule has 0 bridgehead atoms. The van der Waals surface area contributed by atoms with Crippen molar-refractivity contribution in [3.8, 4) is 5.75 Å². The number of rotatable bonds is 8. The molecule has 2 aromatic rings. The van der Waals surface area contributed by atoms with Crippen molar-refractivity contribution < 1.29 is 14.3 Å². The van der Waals surface area contributed by atoms with Crippen molar-refractivity contribution in [2.24, 2.45) is 0 Å². The van der Waals surface area contributed by atoms with Gasteiger partial charge in [-0.15, -0.1) is 11.8 Å². The van der Waals surface area contributed by atoms with Gasteiger partial charge in [0.1, 0.15) is 5.75 Å². The van der Waals surface area contributed by atoms with Gasteiger partial charge in [-0.05, 0) is 49.1 Å². The van der Waals surface area contributed by atoms with Crippen molar-refractivity contribution in [2.75, 3.05) is 25.3 Å². The van der Waals surface area contributed by atoms with Crippen molar-refractivity contribution in [1.82, 2.24) is 0 Å². The Hall–Kier alpha value is -1.98. The Morgan fingerprint density at radius 3 is 2.75 bits per heavy atom. The standard InChI is InChI=1S/C19H23NO3S/c1-4-10-23-13-15-11-14(8-9-18(15)22-2)19(21)20-16-6-5-7-17(12-16)24-3/h5-9,11-12H,4,10,13H2,1-3H3,(H,20,21). The summed E-state index contributed by atoms with van der Waals surface area (Å²) in [7, 11) is 1.62. The van der Waals surface area contributed by atoms with Crippen LogP contribution in [0.1, 0.15) is 29.3 Å². The summed E-state index contributed by atoms with van der Waals surface area (Å²) < 4.78 is 10.9. The maximum atomic E-state index is 12.5. The van der Waals surface area contributed by atoms with Crippen LogP contribution in [-0.4, -0.2) is 25.9 Å². The van der Waals surface area contributed by atoms with Gasteiger partial charge in [-0.1, -0.05) is 13.0 Å². The van der Waals surface area contributed by atoms with Gasteiger partial charge in [-0.2, -0.15) is 0 Å². The summed E-state index contributed by atoms with van der Waals surface area (Å²) in [6, 6.07) is 13.2. The van der Waals surface area contributed by atoms with Crippen LogP contribution in [0.2, 0.25) is 0 Å². The fraction of sp³-hybridized carbons (Fsp3) is 0.316. The molecular weight excluding hydrogens is 322 g/mol. The first-order valence-electron chi connectivity index (χ1n) is 7.88. The maximum absolute atomic E-state index is 12.5. The van der Waals surface area contributed by atoms with Crippen LogP contribution in [0.15, 0.2) is 47.4 Å². The molecule has 0 unspecified atom stereocenters. The fourth-order valence-electron chi connectivity index (χ4n) is 2.26. The van der Waals surface area contributed by atoms with Crippen LogP contribution in [0, 0.1) is 0 Å². The van der Waals surface area contributed by atoms with Crippen LogP contribution >= 0.6 is 11.8 Å². The number of hydrogen-bond donors (Lipinski definition) is 1. The van der Waals surface area contributed by atoms with Crippen LogP contribution in [-0.2, 0) is 11.3 Å². The van der Waals surface area contributed by atoms with Crippen LogP contribution in [0.5, 0.6) is 5.75 Å². The van der Waals surface area contributed by atoms with E-state index in [4.69, 9.17) is 9.47 Å². The zero-order chi connectivity index (χ0) is 17.4. The summed E-state index contributed by atoms with van der Waals surface area (Å²) in [5.74, 6) is 0.583. The number of benzene rings is 2. The van der Waals surface area contributed by atoms with Crippen LogP contribution < -0.4 is 10.1 Å². The molecule has 0 aliphatic rings. The normalized spacial score (nSPS) is 10.5. The van der Waals surface area contributed by atoms with Gasteiger partial charge < -0.3 is 14.8 Å². The number of nitrogens with one attached hydrogen (secondary N) is 1. The first-order valence-corrected chi connectivity index (χ1v) is 9.10. The molecule has 0 spiro atoms. The molecule has 0 atom stereocenters. The minimum Gasteiger partial charge on any atom is -0.496 e. The minimum absolute atomic E-state index is 0.146. The highest BCUT2D eigenvalue weighted by Gasteiger charge is 2.11. The zero-order valence-corrected chi connectivity index (χ0v) is 15.1.